The van der Waals surface area contributed by atoms with Crippen LogP contribution in [0.25, 0.3) is 0 Å². The van der Waals surface area contributed by atoms with Crippen molar-refractivity contribution >= 4 is 0 Å². The van der Waals surface area contributed by atoms with Crippen molar-refractivity contribution in [2.75, 3.05) is 6.54 Å². The Morgan fingerprint density at radius 3 is 2.32 bits per heavy atom. The second-order valence-corrected chi connectivity index (χ2v) is 8.53. The molecule has 0 aromatic rings. The van der Waals surface area contributed by atoms with Gasteiger partial charge in [0.05, 0.1) is 6.17 Å². The summed E-state index contributed by atoms with van der Waals surface area (Å²) in [6, 6.07) is 1.71. The lowest BCUT2D eigenvalue weighted by Gasteiger charge is -2.39. The molecule has 2 heteroatoms. The third kappa shape index (κ3) is 2.36. The van der Waals surface area contributed by atoms with Crippen LogP contribution < -0.4 is 5.32 Å². The van der Waals surface area contributed by atoms with Gasteiger partial charge in [-0.15, -0.1) is 0 Å². The molecule has 2 heterocycles. The van der Waals surface area contributed by atoms with E-state index in [1.165, 1.54) is 70.8 Å². The fourth-order valence-electron chi connectivity index (χ4n) is 6.97. The first kappa shape index (κ1) is 15.4. The minimum atomic E-state index is 0.718. The summed E-state index contributed by atoms with van der Waals surface area (Å²) in [5, 5.41) is 4.12. The van der Waals surface area contributed by atoms with Crippen molar-refractivity contribution in [1.82, 2.24) is 10.2 Å². The Morgan fingerprint density at radius 1 is 0.864 bits per heavy atom. The van der Waals surface area contributed by atoms with E-state index < -0.39 is 0 Å². The van der Waals surface area contributed by atoms with E-state index in [-0.39, 0.29) is 0 Å². The van der Waals surface area contributed by atoms with Crippen molar-refractivity contribution in [3.8, 4) is 0 Å². The molecule has 2 saturated heterocycles. The molecule has 0 aromatic heterocycles. The SMILES string of the molecule is CCC1C(C2CCCCC2)C2C3CCCCC3NC2N1CC. The quantitative estimate of drug-likeness (QED) is 0.831. The van der Waals surface area contributed by atoms with Crippen LogP contribution in [0.4, 0.5) is 0 Å². The molecule has 1 N–H and O–H groups in total. The number of hydrogen-bond acceptors (Lipinski definition) is 2. The zero-order valence-electron chi connectivity index (χ0n) is 14.8. The maximum atomic E-state index is 4.12. The van der Waals surface area contributed by atoms with Crippen LogP contribution in [-0.4, -0.2) is 29.7 Å². The van der Waals surface area contributed by atoms with Crippen LogP contribution in [0.5, 0.6) is 0 Å². The van der Waals surface area contributed by atoms with E-state index in [2.05, 4.69) is 24.1 Å². The predicted octanol–water partition coefficient (Wildman–Crippen LogP) is 4.40. The molecule has 0 amide bonds. The van der Waals surface area contributed by atoms with Gasteiger partial charge in [-0.2, -0.15) is 0 Å². The van der Waals surface area contributed by atoms with E-state index in [0.717, 1.165) is 41.9 Å². The Hall–Kier alpha value is -0.0800. The number of likely N-dealkylation sites (tertiary alicyclic amines) is 1. The molecular weight excluding hydrogens is 268 g/mol. The summed E-state index contributed by atoms with van der Waals surface area (Å²) in [5.74, 6) is 4.00. The highest BCUT2D eigenvalue weighted by atomic mass is 15.3. The molecule has 0 bridgehead atoms. The summed E-state index contributed by atoms with van der Waals surface area (Å²) >= 11 is 0. The topological polar surface area (TPSA) is 15.3 Å². The largest absolute Gasteiger partial charge is 0.298 e. The van der Waals surface area contributed by atoms with Crippen LogP contribution in [0.15, 0.2) is 0 Å². The van der Waals surface area contributed by atoms with Crippen molar-refractivity contribution in [3.63, 3.8) is 0 Å². The van der Waals surface area contributed by atoms with E-state index in [4.69, 9.17) is 0 Å². The third-order valence-corrected chi connectivity index (χ3v) is 7.71. The van der Waals surface area contributed by atoms with Crippen LogP contribution in [0.3, 0.4) is 0 Å². The monoisotopic (exact) mass is 304 g/mol. The molecule has 2 saturated carbocycles. The summed E-state index contributed by atoms with van der Waals surface area (Å²) in [6.45, 7) is 6.09. The average Bonchev–Trinajstić information content (AvgIpc) is 3.08. The first-order valence-corrected chi connectivity index (χ1v) is 10.4. The average molecular weight is 305 g/mol. The highest BCUT2D eigenvalue weighted by Gasteiger charge is 2.58. The van der Waals surface area contributed by atoms with Gasteiger partial charge in [-0.1, -0.05) is 58.8 Å². The van der Waals surface area contributed by atoms with Crippen LogP contribution >= 0.6 is 0 Å². The van der Waals surface area contributed by atoms with E-state index in [9.17, 15) is 0 Å². The molecule has 2 aliphatic heterocycles. The summed E-state index contributed by atoms with van der Waals surface area (Å²) in [5.41, 5.74) is 0. The standard InChI is InChI=1S/C20H36N2/c1-3-17-18(14-10-6-5-7-11-14)19-15-12-8-9-13-16(15)21-20(19)22(17)4-2/h14-21H,3-13H2,1-2H3. The van der Waals surface area contributed by atoms with Gasteiger partial charge in [-0.05, 0) is 49.5 Å². The molecule has 22 heavy (non-hydrogen) atoms. The zero-order valence-corrected chi connectivity index (χ0v) is 14.8. The molecule has 4 rings (SSSR count). The number of hydrogen-bond donors (Lipinski definition) is 1. The van der Waals surface area contributed by atoms with E-state index >= 15 is 0 Å². The third-order valence-electron chi connectivity index (χ3n) is 7.71. The van der Waals surface area contributed by atoms with Crippen molar-refractivity contribution in [2.45, 2.75) is 96.3 Å². The lowest BCUT2D eigenvalue weighted by molar-refractivity contribution is 0.109. The van der Waals surface area contributed by atoms with Gasteiger partial charge in [0.2, 0.25) is 0 Å². The number of nitrogens with one attached hydrogen (secondary N) is 1. The second kappa shape index (κ2) is 6.43. The summed E-state index contributed by atoms with van der Waals surface area (Å²) in [7, 11) is 0. The minimum Gasteiger partial charge on any atom is -0.298 e. The van der Waals surface area contributed by atoms with Crippen molar-refractivity contribution in [3.05, 3.63) is 0 Å². The Kier molecular flexibility index (Phi) is 4.52. The van der Waals surface area contributed by atoms with E-state index in [1.807, 2.05) is 0 Å². The number of fused-ring (bicyclic) bond motifs is 3. The fraction of sp³-hybridized carbons (Fsp3) is 1.00. The van der Waals surface area contributed by atoms with Crippen molar-refractivity contribution < 1.29 is 0 Å². The molecule has 4 fully saturated rings. The van der Waals surface area contributed by atoms with E-state index in [0.29, 0.717) is 0 Å². The van der Waals surface area contributed by atoms with E-state index in [1.54, 1.807) is 0 Å². The first-order chi connectivity index (χ1) is 10.8. The van der Waals surface area contributed by atoms with Gasteiger partial charge in [0, 0.05) is 12.1 Å². The Labute approximate surface area is 137 Å². The molecule has 6 unspecified atom stereocenters. The lowest BCUT2D eigenvalue weighted by Crippen LogP contribution is -2.47. The smallest absolute Gasteiger partial charge is 0.0637 e. The fourth-order valence-corrected chi connectivity index (χ4v) is 6.97. The summed E-state index contributed by atoms with van der Waals surface area (Å²) in [6.07, 6.45) is 15.5. The molecule has 0 spiro atoms. The summed E-state index contributed by atoms with van der Waals surface area (Å²) < 4.78 is 0. The van der Waals surface area contributed by atoms with Crippen molar-refractivity contribution in [2.24, 2.45) is 23.7 Å². The zero-order chi connectivity index (χ0) is 15.1. The molecule has 0 aromatic carbocycles. The van der Waals surface area contributed by atoms with Gasteiger partial charge in [0.1, 0.15) is 0 Å². The van der Waals surface area contributed by atoms with Gasteiger partial charge < -0.3 is 0 Å². The van der Waals surface area contributed by atoms with Crippen LogP contribution in [0.2, 0.25) is 0 Å². The minimum absolute atomic E-state index is 0.718. The summed E-state index contributed by atoms with van der Waals surface area (Å²) in [4.78, 5) is 2.88. The van der Waals surface area contributed by atoms with Crippen molar-refractivity contribution in [1.29, 1.82) is 0 Å². The van der Waals surface area contributed by atoms with Gasteiger partial charge in [-0.25, -0.2) is 0 Å². The van der Waals surface area contributed by atoms with Gasteiger partial charge in [0.25, 0.3) is 0 Å². The van der Waals surface area contributed by atoms with Gasteiger partial charge in [0.15, 0.2) is 0 Å². The number of nitrogens with zero attached hydrogens (tertiary/aromatic N) is 1. The Morgan fingerprint density at radius 2 is 1.59 bits per heavy atom. The highest BCUT2D eigenvalue weighted by Crippen LogP contribution is 2.53. The van der Waals surface area contributed by atoms with Gasteiger partial charge >= 0.3 is 0 Å². The second-order valence-electron chi connectivity index (χ2n) is 8.53. The first-order valence-electron chi connectivity index (χ1n) is 10.4. The molecule has 2 aliphatic carbocycles. The van der Waals surface area contributed by atoms with Crippen LogP contribution in [-0.2, 0) is 0 Å². The highest BCUT2D eigenvalue weighted by molar-refractivity contribution is 5.10. The molecule has 0 radical (unpaired) electrons. The normalized spacial score (nSPS) is 46.6. The number of rotatable bonds is 3. The Balaban J connectivity index is 1.63. The molecule has 126 valence electrons. The lowest BCUT2D eigenvalue weighted by atomic mass is 9.66. The molecule has 4 aliphatic rings. The molecular formula is C20H36N2. The maximum Gasteiger partial charge on any atom is 0.0637 e. The molecule has 6 atom stereocenters. The Bertz CT molecular complexity index is 376. The van der Waals surface area contributed by atoms with Crippen LogP contribution in [0, 0.1) is 23.7 Å². The predicted molar refractivity (Wildman–Crippen MR) is 92.7 cm³/mol. The van der Waals surface area contributed by atoms with Crippen LogP contribution in [0.1, 0.15) is 78.1 Å². The van der Waals surface area contributed by atoms with Gasteiger partial charge in [-0.3, -0.25) is 10.2 Å². The maximum absolute atomic E-state index is 4.12. The molecule has 2 nitrogen and oxygen atoms in total.